The summed E-state index contributed by atoms with van der Waals surface area (Å²) in [5.41, 5.74) is 9.23. The first-order valence-electron chi connectivity index (χ1n) is 12.1. The molecule has 40 heavy (non-hydrogen) atoms. The van der Waals surface area contributed by atoms with Crippen LogP contribution in [0.25, 0.3) is 38.2 Å². The molecule has 3 N–H and O–H groups in total. The Morgan fingerprint density at radius 2 is 1.80 bits per heavy atom. The number of pyridine rings is 1. The quantitative estimate of drug-likeness (QED) is 0.154. The third kappa shape index (κ3) is 5.62. The molecular weight excluding hydrogens is 522 g/mol. The molecule has 0 radical (unpaired) electrons. The Bertz CT molecular complexity index is 1750. The highest BCUT2D eigenvalue weighted by molar-refractivity contribution is 7.98. The van der Waals surface area contributed by atoms with E-state index in [4.69, 9.17) is 31.6 Å². The summed E-state index contributed by atoms with van der Waals surface area (Å²) in [6.45, 7) is 9.59. The molecule has 2 heterocycles. The highest BCUT2D eigenvalue weighted by Gasteiger charge is 2.22. The summed E-state index contributed by atoms with van der Waals surface area (Å²) < 4.78 is 11.4. The van der Waals surface area contributed by atoms with Gasteiger partial charge in [-0.1, -0.05) is 61.7 Å². The average molecular weight is 550 g/mol. The standard InChI is InChI=1S/C30H23N5O3S.CH4/c1-18-25(34-29(38-18)22-8-7-19-5-3-4-6-21(19)15-22)17-39-30-24(16-31)26(27(33-2)28(32)35-30)20-9-11-23(12-10-20)37-14-13-36;/h3-12,15,36H,13-14,17H2,1H3,(H2,32,35);1H4. The van der Waals surface area contributed by atoms with Crippen LogP contribution in [0, 0.1) is 24.8 Å². The summed E-state index contributed by atoms with van der Waals surface area (Å²) >= 11 is 1.31. The SMILES string of the molecule is C.[C-]#[N+]c1c(N)nc(SCc2nc(-c3ccc4ccccc4c3)oc2C)c(C#N)c1-c1ccc(OCCO)cc1. The fraction of sp³-hybridized carbons (Fsp3) is 0.161. The Kier molecular flexibility index (Phi) is 8.70. The molecular formula is C31H27N5O3S. The fourth-order valence-electron chi connectivity index (χ4n) is 4.20. The third-order valence-corrected chi connectivity index (χ3v) is 7.11. The lowest BCUT2D eigenvalue weighted by Crippen LogP contribution is -2.02. The van der Waals surface area contributed by atoms with Gasteiger partial charge in [0.1, 0.15) is 35.0 Å². The third-order valence-electron chi connectivity index (χ3n) is 6.13. The van der Waals surface area contributed by atoms with E-state index in [1.165, 1.54) is 11.8 Å². The van der Waals surface area contributed by atoms with Crippen LogP contribution in [0.5, 0.6) is 5.75 Å². The summed E-state index contributed by atoms with van der Waals surface area (Å²) in [5, 5.41) is 21.7. The van der Waals surface area contributed by atoms with Crippen LogP contribution < -0.4 is 10.5 Å². The van der Waals surface area contributed by atoms with E-state index >= 15 is 0 Å². The van der Waals surface area contributed by atoms with Crippen molar-refractivity contribution in [3.63, 3.8) is 0 Å². The smallest absolute Gasteiger partial charge is 0.236 e. The van der Waals surface area contributed by atoms with Crippen LogP contribution in [-0.4, -0.2) is 28.3 Å². The minimum atomic E-state index is -0.0988. The Hall–Kier alpha value is -4.83. The van der Waals surface area contributed by atoms with E-state index in [1.807, 2.05) is 43.3 Å². The van der Waals surface area contributed by atoms with Gasteiger partial charge >= 0.3 is 0 Å². The molecule has 3 aromatic carbocycles. The van der Waals surface area contributed by atoms with Gasteiger partial charge in [0.15, 0.2) is 0 Å². The Morgan fingerprint density at radius 3 is 2.50 bits per heavy atom. The van der Waals surface area contributed by atoms with Crippen molar-refractivity contribution in [2.24, 2.45) is 0 Å². The van der Waals surface area contributed by atoms with Crippen molar-refractivity contribution in [3.8, 4) is 34.4 Å². The minimum Gasteiger partial charge on any atom is -0.491 e. The number of aliphatic hydroxyl groups excluding tert-OH is 1. The van der Waals surface area contributed by atoms with E-state index in [0.29, 0.717) is 39.3 Å². The Morgan fingerprint density at radius 1 is 1.07 bits per heavy atom. The van der Waals surface area contributed by atoms with Crippen LogP contribution in [-0.2, 0) is 5.75 Å². The van der Waals surface area contributed by atoms with E-state index in [9.17, 15) is 5.26 Å². The summed E-state index contributed by atoms with van der Waals surface area (Å²) in [5.74, 6) is 2.21. The molecule has 5 rings (SSSR count). The maximum absolute atomic E-state index is 10.1. The summed E-state index contributed by atoms with van der Waals surface area (Å²) in [6, 6.07) is 23.3. The monoisotopic (exact) mass is 549 g/mol. The molecule has 0 aliphatic rings. The molecule has 0 spiro atoms. The lowest BCUT2D eigenvalue weighted by atomic mass is 10.00. The zero-order valence-electron chi connectivity index (χ0n) is 21.0. The highest BCUT2D eigenvalue weighted by atomic mass is 32.2. The normalized spacial score (nSPS) is 10.5. The van der Waals surface area contributed by atoms with Gasteiger partial charge in [-0.15, -0.1) is 0 Å². The van der Waals surface area contributed by atoms with E-state index in [2.05, 4.69) is 22.0 Å². The number of hydrogen-bond acceptors (Lipinski definition) is 8. The van der Waals surface area contributed by atoms with Gasteiger partial charge in [0, 0.05) is 16.9 Å². The predicted octanol–water partition coefficient (Wildman–Crippen LogP) is 7.17. The average Bonchev–Trinajstić information content (AvgIpc) is 3.34. The molecule has 0 aliphatic heterocycles. The van der Waals surface area contributed by atoms with Crippen LogP contribution in [0.3, 0.4) is 0 Å². The number of fused-ring (bicyclic) bond motifs is 1. The zero-order chi connectivity index (χ0) is 27.4. The maximum Gasteiger partial charge on any atom is 0.236 e. The molecule has 8 nitrogen and oxygen atoms in total. The van der Waals surface area contributed by atoms with Crippen LogP contribution in [0.15, 0.2) is 76.2 Å². The van der Waals surface area contributed by atoms with Crippen molar-refractivity contribution < 1.29 is 14.3 Å². The Balaban J connectivity index is 0.00000370. The number of aryl methyl sites for hydroxylation is 1. The Labute approximate surface area is 236 Å². The second-order valence-corrected chi connectivity index (χ2v) is 9.56. The number of hydrogen-bond donors (Lipinski definition) is 2. The number of aliphatic hydroxyl groups is 1. The summed E-state index contributed by atoms with van der Waals surface area (Å²) in [7, 11) is 0. The lowest BCUT2D eigenvalue weighted by Gasteiger charge is -2.13. The first kappa shape index (κ1) is 28.2. The molecule has 0 unspecified atom stereocenters. The second kappa shape index (κ2) is 12.4. The number of nitrogen functional groups attached to an aromatic ring is 1. The van der Waals surface area contributed by atoms with Crippen LogP contribution in [0.1, 0.15) is 24.4 Å². The topological polar surface area (TPSA) is 123 Å². The number of rotatable bonds is 8. The highest BCUT2D eigenvalue weighted by Crippen LogP contribution is 2.42. The zero-order valence-corrected chi connectivity index (χ0v) is 21.8. The molecule has 9 heteroatoms. The second-order valence-electron chi connectivity index (χ2n) is 8.59. The molecule has 0 fully saturated rings. The van der Waals surface area contributed by atoms with E-state index < -0.39 is 0 Å². The first-order valence-corrected chi connectivity index (χ1v) is 13.0. The molecule has 0 saturated heterocycles. The molecule has 0 aliphatic carbocycles. The number of anilines is 1. The lowest BCUT2D eigenvalue weighted by molar-refractivity contribution is 0.201. The molecule has 200 valence electrons. The minimum absolute atomic E-state index is 0. The van der Waals surface area contributed by atoms with Gasteiger partial charge in [-0.2, -0.15) is 5.26 Å². The number of oxazole rings is 1. The predicted molar refractivity (Wildman–Crippen MR) is 158 cm³/mol. The van der Waals surface area contributed by atoms with Gasteiger partial charge in [0.05, 0.1) is 24.4 Å². The van der Waals surface area contributed by atoms with Gasteiger partial charge in [-0.25, -0.2) is 14.8 Å². The van der Waals surface area contributed by atoms with Crippen molar-refractivity contribution in [1.82, 2.24) is 9.97 Å². The fourth-order valence-corrected chi connectivity index (χ4v) is 5.20. The van der Waals surface area contributed by atoms with Crippen LogP contribution in [0.2, 0.25) is 0 Å². The molecule has 0 bridgehead atoms. The van der Waals surface area contributed by atoms with E-state index in [0.717, 1.165) is 22.0 Å². The number of nitrogens with zero attached hydrogens (tertiary/aromatic N) is 4. The molecule has 5 aromatic rings. The number of thioether (sulfide) groups is 1. The number of ether oxygens (including phenoxy) is 1. The van der Waals surface area contributed by atoms with Gasteiger partial charge in [0.2, 0.25) is 11.6 Å². The molecule has 0 amide bonds. The van der Waals surface area contributed by atoms with Gasteiger partial charge in [0.25, 0.3) is 0 Å². The van der Waals surface area contributed by atoms with E-state index in [-0.39, 0.29) is 37.7 Å². The molecule has 2 aromatic heterocycles. The number of nitriles is 1. The van der Waals surface area contributed by atoms with Gasteiger partial charge < -0.3 is 20.0 Å². The number of aromatic nitrogens is 2. The van der Waals surface area contributed by atoms with Crippen molar-refractivity contribution in [3.05, 3.63) is 95.2 Å². The number of benzene rings is 3. The first-order chi connectivity index (χ1) is 19.0. The van der Waals surface area contributed by atoms with Crippen LogP contribution >= 0.6 is 11.8 Å². The van der Waals surface area contributed by atoms with Crippen molar-refractivity contribution in [1.29, 1.82) is 5.26 Å². The van der Waals surface area contributed by atoms with Gasteiger partial charge in [-0.3, -0.25) is 0 Å². The van der Waals surface area contributed by atoms with Crippen molar-refractivity contribution in [2.45, 2.75) is 25.1 Å². The van der Waals surface area contributed by atoms with E-state index in [1.54, 1.807) is 24.3 Å². The van der Waals surface area contributed by atoms with Crippen LogP contribution in [0.4, 0.5) is 11.5 Å². The largest absolute Gasteiger partial charge is 0.491 e. The molecule has 0 atom stereocenters. The molecule has 0 saturated carbocycles. The number of nitrogens with two attached hydrogens (primary N) is 1. The van der Waals surface area contributed by atoms with Crippen molar-refractivity contribution in [2.75, 3.05) is 18.9 Å². The maximum atomic E-state index is 10.1. The summed E-state index contributed by atoms with van der Waals surface area (Å²) in [4.78, 5) is 12.7. The summed E-state index contributed by atoms with van der Waals surface area (Å²) in [6.07, 6.45) is 0. The van der Waals surface area contributed by atoms with Gasteiger partial charge in [-0.05, 0) is 47.5 Å². The van der Waals surface area contributed by atoms with Crippen molar-refractivity contribution >= 4 is 34.0 Å².